The lowest BCUT2D eigenvalue weighted by atomic mass is 10.0. The molecule has 0 amide bonds. The fraction of sp³-hybridized carbons (Fsp3) is 0.158. The van der Waals surface area contributed by atoms with Gasteiger partial charge >= 0.3 is 5.97 Å². The molecule has 0 atom stereocenters. The van der Waals surface area contributed by atoms with Gasteiger partial charge in [-0.1, -0.05) is 17.7 Å². The molecule has 0 fully saturated rings. The Kier molecular flexibility index (Phi) is 4.93. The lowest BCUT2D eigenvalue weighted by molar-refractivity contribution is 0.0689. The Labute approximate surface area is 170 Å². The van der Waals surface area contributed by atoms with E-state index in [-0.39, 0.29) is 5.69 Å². The van der Waals surface area contributed by atoms with E-state index < -0.39 is 5.97 Å². The second-order valence-corrected chi connectivity index (χ2v) is 6.71. The number of fused-ring (bicyclic) bond motifs is 1. The van der Waals surface area contributed by atoms with Gasteiger partial charge in [0.1, 0.15) is 12.1 Å². The minimum atomic E-state index is -1.13. The fourth-order valence-corrected chi connectivity index (χ4v) is 3.32. The van der Waals surface area contributed by atoms with Crippen LogP contribution in [0.3, 0.4) is 0 Å². The number of carbonyl (C=O) groups is 1. The monoisotopic (exact) mass is 407 g/mol. The molecule has 0 aliphatic carbocycles. The Morgan fingerprint density at radius 2 is 2.10 bits per heavy atom. The van der Waals surface area contributed by atoms with Gasteiger partial charge in [-0.05, 0) is 30.7 Å². The van der Waals surface area contributed by atoms with Crippen LogP contribution in [0.5, 0.6) is 0 Å². The molecular weight excluding hydrogens is 394 g/mol. The molecule has 0 bridgehead atoms. The van der Waals surface area contributed by atoms with Crippen LogP contribution in [0.1, 0.15) is 21.7 Å². The first-order chi connectivity index (χ1) is 14.0. The van der Waals surface area contributed by atoms with Crippen LogP contribution >= 0.6 is 11.6 Å². The van der Waals surface area contributed by atoms with Crippen LogP contribution < -0.4 is 10.2 Å². The summed E-state index contributed by atoms with van der Waals surface area (Å²) in [4.78, 5) is 25.1. The minimum Gasteiger partial charge on any atom is -0.476 e. The number of benzene rings is 1. The van der Waals surface area contributed by atoms with Gasteiger partial charge in [0.25, 0.3) is 0 Å². The van der Waals surface area contributed by atoms with Crippen molar-refractivity contribution in [3.05, 3.63) is 70.1 Å². The number of aromatic nitrogens is 4. The van der Waals surface area contributed by atoms with Crippen LogP contribution in [0.4, 0.5) is 23.0 Å². The highest BCUT2D eigenvalue weighted by atomic mass is 35.5. The van der Waals surface area contributed by atoms with Crippen LogP contribution in [-0.2, 0) is 13.0 Å². The molecule has 3 aromatic rings. The summed E-state index contributed by atoms with van der Waals surface area (Å²) in [5.74, 6) is -0.110. The summed E-state index contributed by atoms with van der Waals surface area (Å²) in [6.07, 6.45) is 2.17. The van der Waals surface area contributed by atoms with Crippen molar-refractivity contribution >= 4 is 40.6 Å². The third-order valence-electron chi connectivity index (χ3n) is 4.55. The van der Waals surface area contributed by atoms with E-state index in [9.17, 15) is 4.79 Å². The number of hydrogen-bond donors (Lipinski definition) is 2. The van der Waals surface area contributed by atoms with Crippen molar-refractivity contribution in [3.63, 3.8) is 0 Å². The highest BCUT2D eigenvalue weighted by molar-refractivity contribution is 6.33. The first-order valence-electron chi connectivity index (χ1n) is 8.64. The van der Waals surface area contributed by atoms with E-state index >= 15 is 0 Å². The van der Waals surface area contributed by atoms with Crippen molar-refractivity contribution < 1.29 is 9.90 Å². The summed E-state index contributed by atoms with van der Waals surface area (Å²) in [6, 6.07) is 8.31. The first kappa shape index (κ1) is 18.6. The van der Waals surface area contributed by atoms with Gasteiger partial charge in [0.15, 0.2) is 11.5 Å². The first-order valence-corrected chi connectivity index (χ1v) is 9.01. The zero-order valence-corrected chi connectivity index (χ0v) is 15.8. The zero-order chi connectivity index (χ0) is 20.4. The molecule has 1 aromatic carbocycles. The number of anilines is 3. The van der Waals surface area contributed by atoms with E-state index in [0.717, 1.165) is 23.5 Å². The van der Waals surface area contributed by atoms with E-state index in [1.807, 2.05) is 6.07 Å². The molecule has 1 aliphatic heterocycles. The second kappa shape index (κ2) is 7.69. The van der Waals surface area contributed by atoms with E-state index in [1.165, 1.54) is 12.4 Å². The van der Waals surface area contributed by atoms with Gasteiger partial charge in [-0.25, -0.2) is 19.6 Å². The topological polar surface area (TPSA) is 108 Å². The van der Waals surface area contributed by atoms with Crippen LogP contribution in [0.25, 0.3) is 4.85 Å². The van der Waals surface area contributed by atoms with Crippen molar-refractivity contribution in [1.82, 2.24) is 20.2 Å². The molecule has 1 aliphatic rings. The summed E-state index contributed by atoms with van der Waals surface area (Å²) >= 11 is 6.17. The fourth-order valence-electron chi connectivity index (χ4n) is 3.10. The maximum absolute atomic E-state index is 10.9. The maximum Gasteiger partial charge on any atom is 0.356 e. The number of nitrogens with one attached hydrogen (secondary N) is 1. The van der Waals surface area contributed by atoms with Crippen LogP contribution in [0.2, 0.25) is 5.02 Å². The molecule has 10 heteroatoms. The summed E-state index contributed by atoms with van der Waals surface area (Å²) in [5, 5.41) is 20.0. The third kappa shape index (κ3) is 3.79. The maximum atomic E-state index is 10.9. The molecule has 0 spiro atoms. The molecule has 0 unspecified atom stereocenters. The van der Waals surface area contributed by atoms with E-state index in [1.54, 1.807) is 18.2 Å². The number of carboxylic acid groups (broad SMARTS) is 1. The lowest BCUT2D eigenvalue weighted by Gasteiger charge is -2.31. The number of rotatable bonds is 4. The normalized spacial score (nSPS) is 12.8. The molecule has 0 saturated carbocycles. The third-order valence-corrected chi connectivity index (χ3v) is 4.86. The van der Waals surface area contributed by atoms with Crippen molar-refractivity contribution in [2.24, 2.45) is 0 Å². The molecule has 4 rings (SSSR count). The SMILES string of the molecule is [C-]#[N+]c1ccc(N2CCc3c(ncnc3Nc3ccc(C(=O)O)nn3)C2)cc1Cl. The Morgan fingerprint density at radius 3 is 2.79 bits per heavy atom. The van der Waals surface area contributed by atoms with E-state index in [2.05, 4.69) is 35.2 Å². The number of aromatic carboxylic acids is 1. The van der Waals surface area contributed by atoms with Gasteiger partial charge in [0, 0.05) is 22.8 Å². The average Bonchev–Trinajstić information content (AvgIpc) is 2.74. The van der Waals surface area contributed by atoms with Gasteiger partial charge < -0.3 is 15.3 Å². The zero-order valence-electron chi connectivity index (χ0n) is 15.0. The average molecular weight is 408 g/mol. The molecule has 0 saturated heterocycles. The minimum absolute atomic E-state index is 0.126. The van der Waals surface area contributed by atoms with Gasteiger partial charge in [-0.15, -0.1) is 10.2 Å². The summed E-state index contributed by atoms with van der Waals surface area (Å²) in [7, 11) is 0. The molecule has 2 N–H and O–H groups in total. The van der Waals surface area contributed by atoms with Gasteiger partial charge in [-0.2, -0.15) is 0 Å². The quantitative estimate of drug-likeness (QED) is 0.633. The van der Waals surface area contributed by atoms with Gasteiger partial charge in [0.05, 0.1) is 18.8 Å². The highest BCUT2D eigenvalue weighted by Crippen LogP contribution is 2.33. The molecule has 29 heavy (non-hydrogen) atoms. The molecular formula is C19H14ClN7O2. The Morgan fingerprint density at radius 1 is 1.24 bits per heavy atom. The van der Waals surface area contributed by atoms with E-state index in [0.29, 0.717) is 35.3 Å². The van der Waals surface area contributed by atoms with Crippen molar-refractivity contribution in [2.45, 2.75) is 13.0 Å². The number of halogens is 1. The number of carboxylic acids is 1. The molecule has 9 nitrogen and oxygen atoms in total. The Hall–Kier alpha value is -3.77. The van der Waals surface area contributed by atoms with Crippen LogP contribution in [0.15, 0.2) is 36.7 Å². The van der Waals surface area contributed by atoms with Crippen molar-refractivity contribution in [1.29, 1.82) is 0 Å². The summed E-state index contributed by atoms with van der Waals surface area (Å²) in [6.45, 7) is 8.41. The smallest absolute Gasteiger partial charge is 0.356 e. The van der Waals surface area contributed by atoms with Crippen molar-refractivity contribution in [2.75, 3.05) is 16.8 Å². The number of hydrogen-bond acceptors (Lipinski definition) is 7. The summed E-state index contributed by atoms with van der Waals surface area (Å²) < 4.78 is 0. The van der Waals surface area contributed by atoms with Crippen LogP contribution in [0, 0.1) is 6.57 Å². The molecule has 0 radical (unpaired) electrons. The second-order valence-electron chi connectivity index (χ2n) is 6.30. The summed E-state index contributed by atoms with van der Waals surface area (Å²) in [5.41, 5.74) is 3.07. The van der Waals surface area contributed by atoms with Crippen LogP contribution in [-0.4, -0.2) is 37.8 Å². The lowest BCUT2D eigenvalue weighted by Crippen LogP contribution is -2.31. The van der Waals surface area contributed by atoms with E-state index in [4.69, 9.17) is 23.3 Å². The van der Waals surface area contributed by atoms with Gasteiger partial charge in [-0.3, -0.25) is 0 Å². The molecule has 2 aromatic heterocycles. The largest absolute Gasteiger partial charge is 0.476 e. The predicted molar refractivity (Wildman–Crippen MR) is 107 cm³/mol. The number of nitrogens with zero attached hydrogens (tertiary/aromatic N) is 6. The Balaban J connectivity index is 1.55. The van der Waals surface area contributed by atoms with Crippen molar-refractivity contribution in [3.8, 4) is 0 Å². The molecule has 144 valence electrons. The van der Waals surface area contributed by atoms with Gasteiger partial charge in [0.2, 0.25) is 5.69 Å². The predicted octanol–water partition coefficient (Wildman–Crippen LogP) is 3.48. The standard InChI is InChI=1S/C19H14ClN7O2/c1-21-14-3-2-11(8-13(14)20)27-7-6-12-16(9-27)22-10-23-18(12)24-17-5-4-15(19(28)29)25-26-17/h2-5,8,10H,6-7,9H2,(H,28,29)(H,22,23,24,26). The highest BCUT2D eigenvalue weighted by Gasteiger charge is 2.22. The Bertz CT molecular complexity index is 1130. The molecule has 3 heterocycles.